The first-order chi connectivity index (χ1) is 28.2. The lowest BCUT2D eigenvalue weighted by atomic mass is 9.93. The highest BCUT2D eigenvalue weighted by atomic mass is 16.3. The third-order valence-corrected chi connectivity index (χ3v) is 11.7. The van der Waals surface area contributed by atoms with E-state index in [0.717, 1.165) is 54.9 Å². The molecule has 0 spiro atoms. The largest absolute Gasteiger partial charge is 0.455 e. The van der Waals surface area contributed by atoms with Gasteiger partial charge in [-0.2, -0.15) is 0 Å². The quantitative estimate of drug-likeness (QED) is 0.170. The molecule has 0 atom stereocenters. The third kappa shape index (κ3) is 5.13. The van der Waals surface area contributed by atoms with Gasteiger partial charge in [0, 0.05) is 39.5 Å². The molecule has 0 unspecified atom stereocenters. The summed E-state index contributed by atoms with van der Waals surface area (Å²) in [6, 6.07) is 65.9. The summed E-state index contributed by atoms with van der Waals surface area (Å²) in [4.78, 5) is 9.43. The number of hydrogen-bond acceptors (Lipinski definition) is 3. The highest BCUT2D eigenvalue weighted by molar-refractivity contribution is 6.23. The molecule has 3 heteroatoms. The molecule has 264 valence electrons. The molecular formula is C54H32N2O. The highest BCUT2D eigenvalue weighted by Gasteiger charge is 2.14. The van der Waals surface area contributed by atoms with Gasteiger partial charge >= 0.3 is 0 Å². The van der Waals surface area contributed by atoms with E-state index >= 15 is 0 Å². The standard InChI is InChI=1S/C54H32N2O/c1-2-11-47-45(9-1)50-32-42(23-24-48(50)53-52(47)55-25-26-56-53)34-8-5-7-33(27-34)35-15-16-37-29-38(18-17-36(37)28-35)39-19-20-41-31-43(22-21-40(41)30-39)44-12-6-13-49-46-10-3-4-14-51(46)57-54(44)49/h1-32H. The fourth-order valence-electron chi connectivity index (χ4n) is 8.86. The normalized spacial score (nSPS) is 11.9. The SMILES string of the molecule is c1cc(-c2ccc3cc(-c4ccc5cc(-c6cccc7c6oc6ccccc67)ccc5c4)ccc3c2)cc(-c2ccc3c(c2)c2ccccc2c2nccnc32)c1. The van der Waals surface area contributed by atoms with Crippen molar-refractivity contribution in [2.45, 2.75) is 0 Å². The van der Waals surface area contributed by atoms with Crippen LogP contribution in [0.2, 0.25) is 0 Å². The minimum Gasteiger partial charge on any atom is -0.455 e. The van der Waals surface area contributed by atoms with Crippen LogP contribution in [-0.4, -0.2) is 9.97 Å². The predicted molar refractivity (Wildman–Crippen MR) is 239 cm³/mol. The van der Waals surface area contributed by atoms with Gasteiger partial charge in [0.05, 0.1) is 11.0 Å². The van der Waals surface area contributed by atoms with Crippen molar-refractivity contribution in [3.8, 4) is 44.5 Å². The molecule has 0 saturated heterocycles. The number of rotatable bonds is 4. The number of fused-ring (bicyclic) bond motifs is 11. The van der Waals surface area contributed by atoms with Crippen LogP contribution in [0, 0.1) is 0 Å². The minimum atomic E-state index is 0.919. The van der Waals surface area contributed by atoms with Gasteiger partial charge in [-0.25, -0.2) is 0 Å². The molecular weight excluding hydrogens is 693 g/mol. The zero-order chi connectivity index (χ0) is 37.5. The Labute approximate surface area is 328 Å². The van der Waals surface area contributed by atoms with Crippen LogP contribution in [0.4, 0.5) is 0 Å². The van der Waals surface area contributed by atoms with E-state index in [4.69, 9.17) is 14.4 Å². The van der Waals surface area contributed by atoms with Crippen LogP contribution in [0.3, 0.4) is 0 Å². The van der Waals surface area contributed by atoms with E-state index in [1.165, 1.54) is 65.7 Å². The van der Waals surface area contributed by atoms with Gasteiger partial charge in [0.15, 0.2) is 0 Å². The Morgan fingerprint density at radius 2 is 0.772 bits per heavy atom. The summed E-state index contributed by atoms with van der Waals surface area (Å²) >= 11 is 0. The van der Waals surface area contributed by atoms with Crippen LogP contribution < -0.4 is 0 Å². The van der Waals surface area contributed by atoms with Gasteiger partial charge in [-0.1, -0.05) is 140 Å². The zero-order valence-corrected chi connectivity index (χ0v) is 30.8. The van der Waals surface area contributed by atoms with Crippen molar-refractivity contribution in [3.05, 3.63) is 194 Å². The molecule has 12 aromatic rings. The molecule has 0 bridgehead atoms. The van der Waals surface area contributed by atoms with E-state index in [1.807, 2.05) is 12.1 Å². The number of benzene rings is 10. The van der Waals surface area contributed by atoms with Crippen LogP contribution in [0.1, 0.15) is 0 Å². The lowest BCUT2D eigenvalue weighted by Crippen LogP contribution is -1.89. The van der Waals surface area contributed by atoms with Crippen LogP contribution in [0.25, 0.3) is 121 Å². The Balaban J connectivity index is 0.858. The highest BCUT2D eigenvalue weighted by Crippen LogP contribution is 2.39. The molecule has 0 N–H and O–H groups in total. The Morgan fingerprint density at radius 1 is 0.298 bits per heavy atom. The topological polar surface area (TPSA) is 38.9 Å². The first kappa shape index (κ1) is 31.7. The van der Waals surface area contributed by atoms with Gasteiger partial charge in [0.2, 0.25) is 0 Å². The van der Waals surface area contributed by atoms with Crippen molar-refractivity contribution in [2.24, 2.45) is 0 Å². The first-order valence-electron chi connectivity index (χ1n) is 19.4. The van der Waals surface area contributed by atoms with Crippen molar-refractivity contribution in [3.63, 3.8) is 0 Å². The molecule has 0 radical (unpaired) electrons. The number of nitrogens with zero attached hydrogens (tertiary/aromatic N) is 2. The third-order valence-electron chi connectivity index (χ3n) is 11.7. The van der Waals surface area contributed by atoms with Crippen LogP contribution in [-0.2, 0) is 0 Å². The van der Waals surface area contributed by atoms with Crippen LogP contribution >= 0.6 is 0 Å². The Hall–Kier alpha value is -7.62. The van der Waals surface area contributed by atoms with Gasteiger partial charge in [-0.15, -0.1) is 0 Å². The number of hydrogen-bond donors (Lipinski definition) is 0. The van der Waals surface area contributed by atoms with E-state index in [1.54, 1.807) is 12.4 Å². The van der Waals surface area contributed by atoms with E-state index in [9.17, 15) is 0 Å². The van der Waals surface area contributed by atoms with Crippen LogP contribution in [0.5, 0.6) is 0 Å². The maximum absolute atomic E-state index is 6.35. The van der Waals surface area contributed by atoms with Crippen molar-refractivity contribution < 1.29 is 4.42 Å². The fourth-order valence-corrected chi connectivity index (χ4v) is 8.86. The summed E-state index contributed by atoms with van der Waals surface area (Å²) < 4.78 is 6.35. The molecule has 0 aliphatic rings. The summed E-state index contributed by atoms with van der Waals surface area (Å²) in [6.07, 6.45) is 3.56. The average Bonchev–Trinajstić information content (AvgIpc) is 3.67. The van der Waals surface area contributed by atoms with E-state index in [2.05, 4.69) is 170 Å². The fraction of sp³-hybridized carbons (Fsp3) is 0. The first-order valence-corrected chi connectivity index (χ1v) is 19.4. The zero-order valence-electron chi connectivity index (χ0n) is 30.8. The van der Waals surface area contributed by atoms with Gasteiger partial charge in [-0.3, -0.25) is 9.97 Å². The van der Waals surface area contributed by atoms with Crippen molar-refractivity contribution in [2.75, 3.05) is 0 Å². The van der Waals surface area contributed by atoms with Crippen molar-refractivity contribution in [1.29, 1.82) is 0 Å². The predicted octanol–water partition coefficient (Wildman–Crippen LogP) is 14.8. The molecule has 0 fully saturated rings. The molecule has 0 aliphatic carbocycles. The number of furan rings is 1. The lowest BCUT2D eigenvalue weighted by Gasteiger charge is -2.12. The monoisotopic (exact) mass is 724 g/mol. The molecule has 0 amide bonds. The van der Waals surface area contributed by atoms with E-state index < -0.39 is 0 Å². The second-order valence-electron chi connectivity index (χ2n) is 15.0. The molecule has 3 nitrogen and oxygen atoms in total. The molecule has 2 aromatic heterocycles. The Bertz CT molecular complexity index is 3560. The summed E-state index contributed by atoms with van der Waals surface area (Å²) in [5.74, 6) is 0. The summed E-state index contributed by atoms with van der Waals surface area (Å²) in [6.45, 7) is 0. The van der Waals surface area contributed by atoms with E-state index in [0.29, 0.717) is 0 Å². The van der Waals surface area contributed by atoms with Gasteiger partial charge in [-0.05, 0) is 114 Å². The summed E-state index contributed by atoms with van der Waals surface area (Å²) in [5.41, 5.74) is 13.2. The molecule has 2 heterocycles. The summed E-state index contributed by atoms with van der Waals surface area (Å²) in [7, 11) is 0. The molecule has 10 aromatic carbocycles. The molecule has 57 heavy (non-hydrogen) atoms. The second-order valence-corrected chi connectivity index (χ2v) is 15.0. The van der Waals surface area contributed by atoms with Crippen molar-refractivity contribution >= 4 is 76.1 Å². The van der Waals surface area contributed by atoms with Crippen LogP contribution in [0.15, 0.2) is 199 Å². The number of para-hydroxylation sites is 2. The average molecular weight is 725 g/mol. The number of aromatic nitrogens is 2. The van der Waals surface area contributed by atoms with Gasteiger partial charge in [0.25, 0.3) is 0 Å². The lowest BCUT2D eigenvalue weighted by molar-refractivity contribution is 0.670. The maximum Gasteiger partial charge on any atom is 0.143 e. The Morgan fingerprint density at radius 3 is 1.44 bits per heavy atom. The molecule has 12 rings (SSSR count). The smallest absolute Gasteiger partial charge is 0.143 e. The van der Waals surface area contributed by atoms with Gasteiger partial charge < -0.3 is 4.42 Å². The maximum atomic E-state index is 6.35. The van der Waals surface area contributed by atoms with E-state index in [-0.39, 0.29) is 0 Å². The minimum absolute atomic E-state index is 0.919. The Kier molecular flexibility index (Phi) is 6.93. The molecule has 0 aliphatic heterocycles. The summed E-state index contributed by atoms with van der Waals surface area (Å²) in [5, 5.41) is 11.8. The van der Waals surface area contributed by atoms with Crippen molar-refractivity contribution in [1.82, 2.24) is 9.97 Å². The second kappa shape index (κ2) is 12.5. The molecule has 0 saturated carbocycles. The van der Waals surface area contributed by atoms with Gasteiger partial charge in [0.1, 0.15) is 11.2 Å².